The zero-order valence-corrected chi connectivity index (χ0v) is 15.0. The van der Waals surface area contributed by atoms with Gasteiger partial charge in [-0.3, -0.25) is 9.59 Å². The zero-order chi connectivity index (χ0) is 17.6. The maximum Gasteiger partial charge on any atom is 0.287 e. The van der Waals surface area contributed by atoms with Gasteiger partial charge in [0.2, 0.25) is 5.91 Å². The van der Waals surface area contributed by atoms with Gasteiger partial charge in [0.15, 0.2) is 5.76 Å². The Kier molecular flexibility index (Phi) is 6.13. The smallest absolute Gasteiger partial charge is 0.287 e. The largest absolute Gasteiger partial charge is 0.456 e. The first-order chi connectivity index (χ1) is 12.1. The molecule has 1 aromatic rings. The SMILES string of the molecule is Cc1ccc(C(=O)NC2CCN(C(=O)CCC3CCCCO3)CC2)o1. The minimum absolute atomic E-state index is 0.101. The summed E-state index contributed by atoms with van der Waals surface area (Å²) in [7, 11) is 0. The van der Waals surface area contributed by atoms with E-state index in [0.717, 1.165) is 44.5 Å². The molecular formula is C19H28N2O4. The lowest BCUT2D eigenvalue weighted by Gasteiger charge is -2.32. The number of hydrogen-bond acceptors (Lipinski definition) is 4. The van der Waals surface area contributed by atoms with Crippen molar-refractivity contribution in [3.63, 3.8) is 0 Å². The standard InChI is InChI=1S/C19H28N2O4/c1-14-5-7-17(25-14)19(23)20-15-9-11-21(12-10-15)18(22)8-6-16-4-2-3-13-24-16/h5,7,15-16H,2-4,6,8-13H2,1H3,(H,20,23). The molecule has 1 aromatic heterocycles. The average Bonchev–Trinajstić information content (AvgIpc) is 3.08. The third-order valence-corrected chi connectivity index (χ3v) is 5.10. The van der Waals surface area contributed by atoms with Gasteiger partial charge in [-0.15, -0.1) is 0 Å². The van der Waals surface area contributed by atoms with Crippen LogP contribution in [-0.4, -0.2) is 48.6 Å². The first kappa shape index (κ1) is 18.0. The van der Waals surface area contributed by atoms with Gasteiger partial charge in [-0.05, 0) is 57.6 Å². The van der Waals surface area contributed by atoms with Gasteiger partial charge in [0.05, 0.1) is 6.10 Å². The molecule has 6 heteroatoms. The van der Waals surface area contributed by atoms with Crippen molar-refractivity contribution in [3.05, 3.63) is 23.7 Å². The van der Waals surface area contributed by atoms with E-state index < -0.39 is 0 Å². The van der Waals surface area contributed by atoms with Crippen LogP contribution in [0.1, 0.15) is 61.3 Å². The van der Waals surface area contributed by atoms with E-state index in [4.69, 9.17) is 9.15 Å². The van der Waals surface area contributed by atoms with Gasteiger partial charge in [-0.2, -0.15) is 0 Å². The Labute approximate surface area is 148 Å². The van der Waals surface area contributed by atoms with Crippen LogP contribution in [0.15, 0.2) is 16.5 Å². The highest BCUT2D eigenvalue weighted by Crippen LogP contribution is 2.19. The van der Waals surface area contributed by atoms with Gasteiger partial charge in [-0.25, -0.2) is 0 Å². The Hall–Kier alpha value is -1.82. The topological polar surface area (TPSA) is 71.8 Å². The molecule has 2 amide bonds. The van der Waals surface area contributed by atoms with Crippen LogP contribution in [0.2, 0.25) is 0 Å². The van der Waals surface area contributed by atoms with E-state index in [9.17, 15) is 9.59 Å². The molecule has 1 N–H and O–H groups in total. The van der Waals surface area contributed by atoms with Crippen molar-refractivity contribution in [2.24, 2.45) is 0 Å². The van der Waals surface area contributed by atoms with E-state index in [0.29, 0.717) is 25.3 Å². The first-order valence-electron chi connectivity index (χ1n) is 9.38. The lowest BCUT2D eigenvalue weighted by atomic mass is 10.0. The molecular weight excluding hydrogens is 320 g/mol. The summed E-state index contributed by atoms with van der Waals surface area (Å²) >= 11 is 0. The van der Waals surface area contributed by atoms with Crippen LogP contribution in [0.25, 0.3) is 0 Å². The Morgan fingerprint density at radius 1 is 1.20 bits per heavy atom. The van der Waals surface area contributed by atoms with Crippen LogP contribution >= 0.6 is 0 Å². The number of carbonyl (C=O) groups excluding carboxylic acids is 2. The molecule has 0 aromatic carbocycles. The van der Waals surface area contributed by atoms with Crippen molar-refractivity contribution >= 4 is 11.8 Å². The number of rotatable bonds is 5. The second kappa shape index (κ2) is 8.52. The summed E-state index contributed by atoms with van der Waals surface area (Å²) in [6.07, 6.45) is 6.65. The molecule has 2 aliphatic heterocycles. The normalized spacial score (nSPS) is 22.0. The fourth-order valence-electron chi connectivity index (χ4n) is 3.56. The summed E-state index contributed by atoms with van der Waals surface area (Å²) in [6, 6.07) is 3.58. The van der Waals surface area contributed by atoms with Gasteiger partial charge in [0, 0.05) is 32.2 Å². The van der Waals surface area contributed by atoms with E-state index in [1.165, 1.54) is 6.42 Å². The lowest BCUT2D eigenvalue weighted by molar-refractivity contribution is -0.133. The van der Waals surface area contributed by atoms with Gasteiger partial charge in [-0.1, -0.05) is 0 Å². The quantitative estimate of drug-likeness (QED) is 0.888. The molecule has 0 saturated carbocycles. The third-order valence-electron chi connectivity index (χ3n) is 5.10. The summed E-state index contributed by atoms with van der Waals surface area (Å²) in [6.45, 7) is 4.05. The highest BCUT2D eigenvalue weighted by Gasteiger charge is 2.25. The minimum Gasteiger partial charge on any atom is -0.456 e. The molecule has 0 aliphatic carbocycles. The number of furan rings is 1. The first-order valence-corrected chi connectivity index (χ1v) is 9.38. The predicted molar refractivity (Wildman–Crippen MR) is 93.3 cm³/mol. The number of amides is 2. The molecule has 0 bridgehead atoms. The van der Waals surface area contributed by atoms with Crippen molar-refractivity contribution in [2.45, 2.75) is 64.0 Å². The Balaban J connectivity index is 1.37. The maximum absolute atomic E-state index is 12.4. The second-order valence-electron chi connectivity index (χ2n) is 7.07. The zero-order valence-electron chi connectivity index (χ0n) is 15.0. The van der Waals surface area contributed by atoms with E-state index >= 15 is 0 Å². The van der Waals surface area contributed by atoms with Gasteiger partial charge < -0.3 is 19.4 Å². The number of likely N-dealkylation sites (tertiary alicyclic amines) is 1. The Morgan fingerprint density at radius 3 is 2.64 bits per heavy atom. The van der Waals surface area contributed by atoms with Crippen LogP contribution in [0, 0.1) is 6.92 Å². The van der Waals surface area contributed by atoms with Crippen LogP contribution in [0.3, 0.4) is 0 Å². The van der Waals surface area contributed by atoms with Gasteiger partial charge >= 0.3 is 0 Å². The molecule has 138 valence electrons. The van der Waals surface area contributed by atoms with Crippen LogP contribution in [0.5, 0.6) is 0 Å². The lowest BCUT2D eigenvalue weighted by Crippen LogP contribution is -2.46. The van der Waals surface area contributed by atoms with E-state index in [1.54, 1.807) is 12.1 Å². The number of ether oxygens (including phenoxy) is 1. The summed E-state index contributed by atoms with van der Waals surface area (Å²) in [4.78, 5) is 26.4. The maximum atomic E-state index is 12.4. The molecule has 2 fully saturated rings. The van der Waals surface area contributed by atoms with Crippen molar-refractivity contribution < 1.29 is 18.7 Å². The van der Waals surface area contributed by atoms with Crippen molar-refractivity contribution in [1.82, 2.24) is 10.2 Å². The Bertz CT molecular complexity index is 584. The van der Waals surface area contributed by atoms with E-state index in [2.05, 4.69) is 5.32 Å². The molecule has 2 saturated heterocycles. The minimum atomic E-state index is -0.174. The molecule has 0 radical (unpaired) electrons. The van der Waals surface area contributed by atoms with Crippen LogP contribution in [0.4, 0.5) is 0 Å². The molecule has 6 nitrogen and oxygen atoms in total. The molecule has 3 rings (SSSR count). The number of nitrogens with zero attached hydrogens (tertiary/aromatic N) is 1. The molecule has 0 spiro atoms. The Morgan fingerprint density at radius 2 is 2.00 bits per heavy atom. The molecule has 3 heterocycles. The number of piperidine rings is 1. The number of aryl methyl sites for hydroxylation is 1. The number of hydrogen-bond donors (Lipinski definition) is 1. The summed E-state index contributed by atoms with van der Waals surface area (Å²) in [5.74, 6) is 1.11. The van der Waals surface area contributed by atoms with Crippen molar-refractivity contribution in [1.29, 1.82) is 0 Å². The number of carbonyl (C=O) groups is 2. The van der Waals surface area contributed by atoms with Crippen molar-refractivity contribution in [2.75, 3.05) is 19.7 Å². The fraction of sp³-hybridized carbons (Fsp3) is 0.684. The molecule has 25 heavy (non-hydrogen) atoms. The predicted octanol–water partition coefficient (Wildman–Crippen LogP) is 2.66. The summed E-state index contributed by atoms with van der Waals surface area (Å²) in [5, 5.41) is 3.00. The second-order valence-corrected chi connectivity index (χ2v) is 7.07. The summed E-state index contributed by atoms with van der Waals surface area (Å²) in [5.41, 5.74) is 0. The highest BCUT2D eigenvalue weighted by atomic mass is 16.5. The van der Waals surface area contributed by atoms with Gasteiger partial charge in [0.25, 0.3) is 5.91 Å². The molecule has 1 unspecified atom stereocenters. The molecule has 1 atom stereocenters. The average molecular weight is 348 g/mol. The summed E-state index contributed by atoms with van der Waals surface area (Å²) < 4.78 is 11.0. The number of nitrogens with one attached hydrogen (secondary N) is 1. The van der Waals surface area contributed by atoms with E-state index in [-0.39, 0.29) is 24.0 Å². The van der Waals surface area contributed by atoms with Gasteiger partial charge in [0.1, 0.15) is 5.76 Å². The fourth-order valence-corrected chi connectivity index (χ4v) is 3.56. The van der Waals surface area contributed by atoms with Crippen LogP contribution in [-0.2, 0) is 9.53 Å². The monoisotopic (exact) mass is 348 g/mol. The van der Waals surface area contributed by atoms with E-state index in [1.807, 2.05) is 11.8 Å². The highest BCUT2D eigenvalue weighted by molar-refractivity contribution is 5.91. The van der Waals surface area contributed by atoms with Crippen LogP contribution < -0.4 is 5.32 Å². The molecule has 2 aliphatic rings. The third kappa shape index (κ3) is 5.08. The van der Waals surface area contributed by atoms with Crippen molar-refractivity contribution in [3.8, 4) is 0 Å².